The highest BCUT2D eigenvalue weighted by Crippen LogP contribution is 2.40. The molecule has 1 unspecified atom stereocenters. The van der Waals surface area contributed by atoms with Gasteiger partial charge in [0.25, 0.3) is 0 Å². The van der Waals surface area contributed by atoms with Gasteiger partial charge in [-0.2, -0.15) is 0 Å². The molecule has 1 aromatic rings. The molecular weight excluding hydrogens is 260 g/mol. The number of aldehydes is 1. The van der Waals surface area contributed by atoms with Crippen LogP contribution in [-0.2, 0) is 11.4 Å². The van der Waals surface area contributed by atoms with Gasteiger partial charge in [0.05, 0.1) is 12.5 Å². The largest absolute Gasteiger partial charge is 0.508 e. The molecule has 0 saturated heterocycles. The van der Waals surface area contributed by atoms with Crippen molar-refractivity contribution in [3.8, 4) is 5.75 Å². The van der Waals surface area contributed by atoms with Gasteiger partial charge in [-0.05, 0) is 36.5 Å². The van der Waals surface area contributed by atoms with Crippen molar-refractivity contribution < 1.29 is 24.9 Å². The van der Waals surface area contributed by atoms with Crippen molar-refractivity contribution in [2.45, 2.75) is 38.2 Å². The summed E-state index contributed by atoms with van der Waals surface area (Å²) in [6.45, 7) is -0.395. The maximum atomic E-state index is 11.6. The number of carbonyl (C=O) groups excluding carboxylic acids is 1. The lowest BCUT2D eigenvalue weighted by atomic mass is 9.82. The van der Waals surface area contributed by atoms with Crippen molar-refractivity contribution in [2.24, 2.45) is 5.92 Å². The normalized spacial score (nSPS) is 17.1. The molecule has 108 valence electrons. The summed E-state index contributed by atoms with van der Waals surface area (Å²) in [4.78, 5) is 22.8. The molecule has 5 nitrogen and oxygen atoms in total. The molecule has 1 fully saturated rings. The fourth-order valence-electron chi connectivity index (χ4n) is 3.05. The second kappa shape index (κ2) is 6.05. The Balaban J connectivity index is 2.49. The van der Waals surface area contributed by atoms with E-state index in [2.05, 4.69) is 0 Å². The van der Waals surface area contributed by atoms with Gasteiger partial charge in [-0.15, -0.1) is 0 Å². The molecule has 2 rings (SSSR count). The fourth-order valence-corrected chi connectivity index (χ4v) is 3.05. The number of hydrogen-bond donors (Lipinski definition) is 3. The third kappa shape index (κ3) is 2.67. The first-order valence-corrected chi connectivity index (χ1v) is 6.73. The zero-order valence-corrected chi connectivity index (χ0v) is 11.1. The van der Waals surface area contributed by atoms with Crippen LogP contribution in [0.2, 0.25) is 0 Å². The summed E-state index contributed by atoms with van der Waals surface area (Å²) >= 11 is 0. The van der Waals surface area contributed by atoms with Crippen LogP contribution in [0.1, 0.15) is 53.1 Å². The second-order valence-electron chi connectivity index (χ2n) is 5.25. The molecular formula is C15H18O5. The van der Waals surface area contributed by atoms with Gasteiger partial charge >= 0.3 is 5.97 Å². The van der Waals surface area contributed by atoms with Crippen LogP contribution in [0.5, 0.6) is 5.75 Å². The molecule has 3 N–H and O–H groups in total. The standard InChI is InChI=1S/C15H18O5/c16-7-10-5-11(8-17)13(18)6-12(10)14(15(19)20)9-3-1-2-4-9/h5-7,9,14,17-18H,1-4,8H2,(H,19,20). The molecule has 0 heterocycles. The molecule has 0 amide bonds. The number of carboxylic acids is 1. The Labute approximate surface area is 116 Å². The number of aromatic hydroxyl groups is 1. The molecule has 1 saturated carbocycles. The highest BCUT2D eigenvalue weighted by molar-refractivity contribution is 5.85. The van der Waals surface area contributed by atoms with E-state index in [9.17, 15) is 19.8 Å². The molecule has 0 aromatic heterocycles. The van der Waals surface area contributed by atoms with Gasteiger partial charge < -0.3 is 15.3 Å². The number of aliphatic carboxylic acids is 1. The predicted molar refractivity (Wildman–Crippen MR) is 71.8 cm³/mol. The SMILES string of the molecule is O=Cc1cc(CO)c(O)cc1C(C(=O)O)C1CCCC1. The first-order chi connectivity index (χ1) is 9.58. The van der Waals surface area contributed by atoms with E-state index in [1.807, 2.05) is 0 Å². The zero-order valence-electron chi connectivity index (χ0n) is 11.1. The minimum atomic E-state index is -0.976. The van der Waals surface area contributed by atoms with Crippen LogP contribution in [0.15, 0.2) is 12.1 Å². The minimum absolute atomic E-state index is 0.00873. The number of aliphatic hydroxyl groups is 1. The Morgan fingerprint density at radius 2 is 2.00 bits per heavy atom. The van der Waals surface area contributed by atoms with Crippen molar-refractivity contribution in [2.75, 3.05) is 0 Å². The van der Waals surface area contributed by atoms with E-state index < -0.39 is 18.5 Å². The summed E-state index contributed by atoms with van der Waals surface area (Å²) in [7, 11) is 0. The average Bonchev–Trinajstić information content (AvgIpc) is 2.92. The Kier molecular flexibility index (Phi) is 4.39. The molecule has 5 heteroatoms. The van der Waals surface area contributed by atoms with Crippen LogP contribution in [0.25, 0.3) is 0 Å². The quantitative estimate of drug-likeness (QED) is 0.716. The van der Waals surface area contributed by atoms with Gasteiger partial charge in [0.2, 0.25) is 0 Å². The van der Waals surface area contributed by atoms with Crippen LogP contribution in [0.4, 0.5) is 0 Å². The number of rotatable bonds is 5. The number of phenols is 1. The fraction of sp³-hybridized carbons (Fsp3) is 0.467. The van der Waals surface area contributed by atoms with E-state index in [0.717, 1.165) is 25.7 Å². The third-order valence-electron chi connectivity index (χ3n) is 4.05. The van der Waals surface area contributed by atoms with Gasteiger partial charge in [-0.25, -0.2) is 0 Å². The highest BCUT2D eigenvalue weighted by Gasteiger charge is 2.33. The summed E-state index contributed by atoms with van der Waals surface area (Å²) in [5, 5.41) is 28.4. The van der Waals surface area contributed by atoms with Crippen molar-refractivity contribution in [1.29, 1.82) is 0 Å². The van der Waals surface area contributed by atoms with Gasteiger partial charge in [-0.1, -0.05) is 12.8 Å². The third-order valence-corrected chi connectivity index (χ3v) is 4.05. The first-order valence-electron chi connectivity index (χ1n) is 6.73. The number of benzene rings is 1. The van der Waals surface area contributed by atoms with Gasteiger partial charge in [0, 0.05) is 11.1 Å². The zero-order chi connectivity index (χ0) is 14.7. The van der Waals surface area contributed by atoms with Crippen LogP contribution in [-0.4, -0.2) is 27.6 Å². The minimum Gasteiger partial charge on any atom is -0.508 e. The van der Waals surface area contributed by atoms with Crippen LogP contribution in [0, 0.1) is 5.92 Å². The number of aliphatic hydroxyl groups excluding tert-OH is 1. The monoisotopic (exact) mass is 278 g/mol. The van der Waals surface area contributed by atoms with Crippen molar-refractivity contribution >= 4 is 12.3 Å². The first kappa shape index (κ1) is 14.5. The Bertz CT molecular complexity index is 517. The molecule has 0 radical (unpaired) electrons. The highest BCUT2D eigenvalue weighted by atomic mass is 16.4. The lowest BCUT2D eigenvalue weighted by molar-refractivity contribution is -0.140. The van der Waals surface area contributed by atoms with Gasteiger partial charge in [0.15, 0.2) is 0 Å². The average molecular weight is 278 g/mol. The molecule has 0 aliphatic heterocycles. The maximum absolute atomic E-state index is 11.6. The topological polar surface area (TPSA) is 94.8 Å². The Hall–Kier alpha value is -1.88. The summed E-state index contributed by atoms with van der Waals surface area (Å²) in [6, 6.07) is 2.68. The summed E-state index contributed by atoms with van der Waals surface area (Å²) in [6.07, 6.45) is 4.20. The van der Waals surface area contributed by atoms with E-state index in [1.165, 1.54) is 12.1 Å². The second-order valence-corrected chi connectivity index (χ2v) is 5.25. The van der Waals surface area contributed by atoms with Crippen molar-refractivity contribution in [3.63, 3.8) is 0 Å². The molecule has 0 bridgehead atoms. The molecule has 1 aromatic carbocycles. The molecule has 1 atom stereocenters. The molecule has 20 heavy (non-hydrogen) atoms. The summed E-state index contributed by atoms with van der Waals surface area (Å²) in [5.41, 5.74) is 0.798. The van der Waals surface area contributed by atoms with E-state index in [4.69, 9.17) is 5.11 Å². The molecule has 1 aliphatic rings. The summed E-state index contributed by atoms with van der Waals surface area (Å²) in [5.74, 6) is -1.93. The molecule has 0 spiro atoms. The van der Waals surface area contributed by atoms with E-state index in [0.29, 0.717) is 11.8 Å². The smallest absolute Gasteiger partial charge is 0.311 e. The van der Waals surface area contributed by atoms with Crippen molar-refractivity contribution in [1.82, 2.24) is 0 Å². The Morgan fingerprint density at radius 1 is 1.35 bits per heavy atom. The van der Waals surface area contributed by atoms with Crippen molar-refractivity contribution in [3.05, 3.63) is 28.8 Å². The van der Waals surface area contributed by atoms with Gasteiger partial charge in [-0.3, -0.25) is 9.59 Å². The number of hydrogen-bond acceptors (Lipinski definition) is 4. The number of carboxylic acid groups (broad SMARTS) is 1. The number of carbonyl (C=O) groups is 2. The maximum Gasteiger partial charge on any atom is 0.311 e. The van der Waals surface area contributed by atoms with Crippen LogP contribution in [0.3, 0.4) is 0 Å². The van der Waals surface area contributed by atoms with E-state index in [1.54, 1.807) is 0 Å². The Morgan fingerprint density at radius 3 is 2.50 bits per heavy atom. The lowest BCUT2D eigenvalue weighted by Crippen LogP contribution is -2.21. The lowest BCUT2D eigenvalue weighted by Gasteiger charge is -2.21. The van der Waals surface area contributed by atoms with E-state index in [-0.39, 0.29) is 22.8 Å². The van der Waals surface area contributed by atoms with Gasteiger partial charge in [0.1, 0.15) is 12.0 Å². The molecule has 1 aliphatic carbocycles. The summed E-state index contributed by atoms with van der Waals surface area (Å²) < 4.78 is 0. The van der Waals surface area contributed by atoms with Crippen LogP contribution >= 0.6 is 0 Å². The van der Waals surface area contributed by atoms with E-state index >= 15 is 0 Å². The predicted octanol–water partition coefficient (Wildman–Crippen LogP) is 2.06. The van der Waals surface area contributed by atoms with Crippen LogP contribution < -0.4 is 0 Å².